The van der Waals surface area contributed by atoms with Crippen molar-refractivity contribution in [2.45, 2.75) is 20.8 Å². The summed E-state index contributed by atoms with van der Waals surface area (Å²) >= 11 is 0. The van der Waals surface area contributed by atoms with Crippen molar-refractivity contribution in [1.29, 1.82) is 0 Å². The minimum absolute atomic E-state index is 0.174. The second kappa shape index (κ2) is 4.84. The van der Waals surface area contributed by atoms with Gasteiger partial charge in [0.2, 0.25) is 0 Å². The number of benzene rings is 2. The van der Waals surface area contributed by atoms with E-state index in [1.165, 1.54) is 0 Å². The fourth-order valence-electron chi connectivity index (χ4n) is 2.11. The van der Waals surface area contributed by atoms with Gasteiger partial charge in [0.25, 0.3) is 0 Å². The minimum Gasteiger partial charge on any atom is -0.398 e. The monoisotopic (exact) mass is 257 g/mol. The van der Waals surface area contributed by atoms with Crippen LogP contribution in [-0.4, -0.2) is 5.78 Å². The summed E-state index contributed by atoms with van der Waals surface area (Å²) in [5, 5.41) is 0. The minimum atomic E-state index is -0.270. The zero-order chi connectivity index (χ0) is 14.2. The molecular formula is C16H16FNO. The zero-order valence-corrected chi connectivity index (χ0v) is 11.3. The Balaban J connectivity index is 2.53. The zero-order valence-electron chi connectivity index (χ0n) is 11.3. The van der Waals surface area contributed by atoms with Crippen LogP contribution in [0.5, 0.6) is 0 Å². The molecule has 0 aliphatic carbocycles. The van der Waals surface area contributed by atoms with E-state index in [1.54, 1.807) is 38.1 Å². The number of hydrogen-bond donors (Lipinski definition) is 1. The van der Waals surface area contributed by atoms with E-state index < -0.39 is 0 Å². The van der Waals surface area contributed by atoms with Gasteiger partial charge in [-0.15, -0.1) is 0 Å². The molecule has 2 nitrogen and oxygen atoms in total. The third kappa shape index (κ3) is 2.36. The predicted octanol–water partition coefficient (Wildman–Crippen LogP) is 3.56. The Morgan fingerprint density at radius 2 is 1.63 bits per heavy atom. The van der Waals surface area contributed by atoms with Crippen molar-refractivity contribution in [3.63, 3.8) is 0 Å². The maximum Gasteiger partial charge on any atom is 0.195 e. The van der Waals surface area contributed by atoms with Gasteiger partial charge >= 0.3 is 0 Å². The van der Waals surface area contributed by atoms with Crippen LogP contribution in [0.4, 0.5) is 10.1 Å². The molecule has 0 bridgehead atoms. The molecule has 2 N–H and O–H groups in total. The molecule has 2 rings (SSSR count). The number of nitrogens with two attached hydrogens (primary N) is 1. The van der Waals surface area contributed by atoms with Gasteiger partial charge in [-0.3, -0.25) is 4.79 Å². The number of nitrogen functional groups attached to an aromatic ring is 1. The summed E-state index contributed by atoms with van der Waals surface area (Å²) in [6.07, 6.45) is 0. The molecule has 0 aromatic heterocycles. The van der Waals surface area contributed by atoms with Crippen molar-refractivity contribution in [1.82, 2.24) is 0 Å². The van der Waals surface area contributed by atoms with E-state index in [9.17, 15) is 9.18 Å². The Morgan fingerprint density at radius 1 is 1.05 bits per heavy atom. The van der Waals surface area contributed by atoms with Crippen LogP contribution < -0.4 is 5.73 Å². The Labute approximate surface area is 112 Å². The van der Waals surface area contributed by atoms with E-state index in [0.29, 0.717) is 27.9 Å². The molecule has 0 aliphatic rings. The molecular weight excluding hydrogens is 241 g/mol. The Morgan fingerprint density at radius 3 is 2.21 bits per heavy atom. The highest BCUT2D eigenvalue weighted by Crippen LogP contribution is 2.22. The number of para-hydroxylation sites is 1. The predicted molar refractivity (Wildman–Crippen MR) is 74.9 cm³/mol. The van der Waals surface area contributed by atoms with Crippen LogP contribution in [0.1, 0.15) is 32.6 Å². The fourth-order valence-corrected chi connectivity index (χ4v) is 2.11. The second-order valence-electron chi connectivity index (χ2n) is 4.79. The largest absolute Gasteiger partial charge is 0.398 e. The standard InChI is InChI=1S/C16H16FNO/c1-9-5-4-6-13(15(9)18)16(19)12-7-10(2)14(17)11(3)8-12/h4-8H,18H2,1-3H3. The maximum absolute atomic E-state index is 13.6. The highest BCUT2D eigenvalue weighted by atomic mass is 19.1. The van der Waals surface area contributed by atoms with Gasteiger partial charge in [-0.2, -0.15) is 0 Å². The molecule has 0 radical (unpaired) electrons. The molecule has 2 aromatic rings. The van der Waals surface area contributed by atoms with E-state index in [1.807, 2.05) is 13.0 Å². The molecule has 19 heavy (non-hydrogen) atoms. The fraction of sp³-hybridized carbons (Fsp3) is 0.188. The topological polar surface area (TPSA) is 43.1 Å². The number of halogens is 1. The summed E-state index contributed by atoms with van der Waals surface area (Å²) < 4.78 is 13.6. The first kappa shape index (κ1) is 13.3. The van der Waals surface area contributed by atoms with Crippen molar-refractivity contribution >= 4 is 11.5 Å². The van der Waals surface area contributed by atoms with Gasteiger partial charge in [0, 0.05) is 16.8 Å². The normalized spacial score (nSPS) is 10.5. The average Bonchev–Trinajstić information content (AvgIpc) is 2.38. The van der Waals surface area contributed by atoms with Crippen molar-refractivity contribution in [3.05, 3.63) is 64.0 Å². The quantitative estimate of drug-likeness (QED) is 0.660. The number of anilines is 1. The van der Waals surface area contributed by atoms with Gasteiger partial charge in [0.15, 0.2) is 5.78 Å². The van der Waals surface area contributed by atoms with E-state index in [4.69, 9.17) is 5.73 Å². The van der Waals surface area contributed by atoms with Gasteiger partial charge in [-0.25, -0.2) is 4.39 Å². The van der Waals surface area contributed by atoms with Crippen LogP contribution in [0, 0.1) is 26.6 Å². The number of carbonyl (C=O) groups is 1. The van der Waals surface area contributed by atoms with Crippen LogP contribution in [0.2, 0.25) is 0 Å². The number of aryl methyl sites for hydroxylation is 3. The van der Waals surface area contributed by atoms with E-state index in [-0.39, 0.29) is 11.6 Å². The Kier molecular flexibility index (Phi) is 3.38. The van der Waals surface area contributed by atoms with E-state index in [2.05, 4.69) is 0 Å². The average molecular weight is 257 g/mol. The van der Waals surface area contributed by atoms with Crippen molar-refractivity contribution in [3.8, 4) is 0 Å². The summed E-state index contributed by atoms with van der Waals surface area (Å²) in [6.45, 7) is 5.16. The first-order valence-corrected chi connectivity index (χ1v) is 6.08. The summed E-state index contributed by atoms with van der Waals surface area (Å²) in [7, 11) is 0. The molecule has 0 saturated carbocycles. The molecule has 3 heteroatoms. The first-order valence-electron chi connectivity index (χ1n) is 6.08. The summed E-state index contributed by atoms with van der Waals surface area (Å²) in [5.41, 5.74) is 9.14. The Bertz CT molecular complexity index is 639. The van der Waals surface area contributed by atoms with Crippen LogP contribution >= 0.6 is 0 Å². The lowest BCUT2D eigenvalue weighted by Crippen LogP contribution is -2.08. The SMILES string of the molecule is Cc1cccc(C(=O)c2cc(C)c(F)c(C)c2)c1N. The van der Waals surface area contributed by atoms with Crippen molar-refractivity contribution in [2.75, 3.05) is 5.73 Å². The van der Waals surface area contributed by atoms with Crippen LogP contribution in [0.25, 0.3) is 0 Å². The smallest absolute Gasteiger partial charge is 0.195 e. The molecule has 0 amide bonds. The molecule has 98 valence electrons. The molecule has 0 aliphatic heterocycles. The lowest BCUT2D eigenvalue weighted by molar-refractivity contribution is 0.103. The van der Waals surface area contributed by atoms with E-state index in [0.717, 1.165) is 5.56 Å². The summed E-state index contributed by atoms with van der Waals surface area (Å²) in [5.74, 6) is -0.443. The number of hydrogen-bond acceptors (Lipinski definition) is 2. The number of rotatable bonds is 2. The third-order valence-electron chi connectivity index (χ3n) is 3.27. The highest BCUT2D eigenvalue weighted by Gasteiger charge is 2.15. The van der Waals surface area contributed by atoms with Gasteiger partial charge < -0.3 is 5.73 Å². The van der Waals surface area contributed by atoms with Crippen LogP contribution in [0.3, 0.4) is 0 Å². The lowest BCUT2D eigenvalue weighted by Gasteiger charge is -2.09. The van der Waals surface area contributed by atoms with Gasteiger partial charge in [0.1, 0.15) is 5.82 Å². The molecule has 0 unspecified atom stereocenters. The third-order valence-corrected chi connectivity index (χ3v) is 3.27. The molecule has 0 spiro atoms. The molecule has 0 saturated heterocycles. The lowest BCUT2D eigenvalue weighted by atomic mass is 9.96. The first-order chi connectivity index (χ1) is 8.91. The summed E-state index contributed by atoms with van der Waals surface area (Å²) in [4.78, 5) is 12.4. The molecule has 0 atom stereocenters. The molecule has 2 aromatic carbocycles. The number of carbonyl (C=O) groups excluding carboxylic acids is 1. The highest BCUT2D eigenvalue weighted by molar-refractivity contribution is 6.12. The Hall–Kier alpha value is -2.16. The van der Waals surface area contributed by atoms with Crippen LogP contribution in [0.15, 0.2) is 30.3 Å². The van der Waals surface area contributed by atoms with Gasteiger partial charge in [0.05, 0.1) is 0 Å². The van der Waals surface area contributed by atoms with Crippen molar-refractivity contribution in [2.24, 2.45) is 0 Å². The molecule has 0 fully saturated rings. The molecule has 0 heterocycles. The second-order valence-corrected chi connectivity index (χ2v) is 4.79. The van der Waals surface area contributed by atoms with Crippen molar-refractivity contribution < 1.29 is 9.18 Å². The maximum atomic E-state index is 13.6. The van der Waals surface area contributed by atoms with Crippen LogP contribution in [-0.2, 0) is 0 Å². The van der Waals surface area contributed by atoms with Gasteiger partial charge in [-0.1, -0.05) is 12.1 Å². The van der Waals surface area contributed by atoms with E-state index >= 15 is 0 Å². The number of ketones is 1. The van der Waals surface area contributed by atoms with Gasteiger partial charge in [-0.05, 0) is 55.7 Å². The summed E-state index contributed by atoms with van der Waals surface area (Å²) in [6, 6.07) is 8.47.